The minimum Gasteiger partial charge on any atom is -0.493 e. The van der Waals surface area contributed by atoms with Gasteiger partial charge in [-0.15, -0.1) is 0 Å². The van der Waals surface area contributed by atoms with E-state index in [1.54, 1.807) is 25.2 Å². The van der Waals surface area contributed by atoms with E-state index in [9.17, 15) is 9.59 Å². The van der Waals surface area contributed by atoms with Crippen LogP contribution in [0, 0.1) is 24.7 Å². The Labute approximate surface area is 212 Å². The Morgan fingerprint density at radius 2 is 1.72 bits per heavy atom. The molecule has 2 atom stereocenters. The lowest BCUT2D eigenvalue weighted by Crippen LogP contribution is -2.48. The number of hydrogen-bond acceptors (Lipinski definition) is 4. The van der Waals surface area contributed by atoms with Crippen molar-refractivity contribution in [3.05, 3.63) is 89.5 Å². The summed E-state index contributed by atoms with van der Waals surface area (Å²) in [6.07, 6.45) is 0.726. The van der Waals surface area contributed by atoms with E-state index in [0.717, 1.165) is 22.4 Å². The van der Waals surface area contributed by atoms with Crippen LogP contribution in [0.4, 0.5) is 5.69 Å². The summed E-state index contributed by atoms with van der Waals surface area (Å²) in [5, 5.41) is 2.96. The van der Waals surface area contributed by atoms with Crippen LogP contribution in [0.3, 0.4) is 0 Å². The first kappa shape index (κ1) is 24.9. The predicted octanol–water partition coefficient (Wildman–Crippen LogP) is 4.66. The number of nitrogens with one attached hydrogen (secondary N) is 1. The Bertz CT molecular complexity index is 1280. The van der Waals surface area contributed by atoms with Crippen LogP contribution in [0.25, 0.3) is 0 Å². The molecule has 0 aliphatic carbocycles. The van der Waals surface area contributed by atoms with Crippen molar-refractivity contribution in [2.75, 3.05) is 25.7 Å². The van der Waals surface area contributed by atoms with Crippen molar-refractivity contribution in [3.8, 4) is 23.3 Å². The van der Waals surface area contributed by atoms with Crippen LogP contribution in [0.5, 0.6) is 11.5 Å². The van der Waals surface area contributed by atoms with Crippen LogP contribution in [-0.2, 0) is 9.59 Å². The normalized spacial score (nSPS) is 17.1. The van der Waals surface area contributed by atoms with Gasteiger partial charge in [0.1, 0.15) is 0 Å². The second-order valence-electron chi connectivity index (χ2n) is 8.69. The van der Waals surface area contributed by atoms with E-state index in [2.05, 4.69) is 17.2 Å². The van der Waals surface area contributed by atoms with Crippen molar-refractivity contribution in [2.45, 2.75) is 25.8 Å². The number of nitrogens with zero attached hydrogens (tertiary/aromatic N) is 1. The molecule has 1 fully saturated rings. The highest BCUT2D eigenvalue weighted by molar-refractivity contribution is 5.97. The smallest absolute Gasteiger partial charge is 0.227 e. The maximum atomic E-state index is 13.4. The van der Waals surface area contributed by atoms with Gasteiger partial charge in [0.25, 0.3) is 0 Å². The third-order valence-corrected chi connectivity index (χ3v) is 6.35. The van der Waals surface area contributed by atoms with E-state index < -0.39 is 12.0 Å². The van der Waals surface area contributed by atoms with Crippen LogP contribution in [0.1, 0.15) is 35.6 Å². The van der Waals surface area contributed by atoms with Gasteiger partial charge in [-0.05, 0) is 55.3 Å². The fraction of sp³-hybridized carbons (Fsp3) is 0.267. The molecule has 4 rings (SSSR count). The first-order chi connectivity index (χ1) is 17.5. The molecule has 1 aliphatic heterocycles. The van der Waals surface area contributed by atoms with Crippen LogP contribution in [0.2, 0.25) is 0 Å². The highest BCUT2D eigenvalue weighted by atomic mass is 16.5. The molecule has 6 nitrogen and oxygen atoms in total. The maximum absolute atomic E-state index is 13.4. The zero-order valence-corrected chi connectivity index (χ0v) is 20.8. The van der Waals surface area contributed by atoms with Gasteiger partial charge in [0.2, 0.25) is 11.8 Å². The molecule has 0 spiro atoms. The summed E-state index contributed by atoms with van der Waals surface area (Å²) in [5.41, 5.74) is 3.55. The molecule has 1 aliphatic rings. The average molecular weight is 483 g/mol. The number of aryl methyl sites for hydroxylation is 1. The van der Waals surface area contributed by atoms with Crippen LogP contribution >= 0.6 is 0 Å². The molecule has 0 radical (unpaired) electrons. The van der Waals surface area contributed by atoms with E-state index in [-0.39, 0.29) is 24.8 Å². The van der Waals surface area contributed by atoms with Gasteiger partial charge >= 0.3 is 0 Å². The summed E-state index contributed by atoms with van der Waals surface area (Å²) in [5.74, 6) is 6.59. The lowest BCUT2D eigenvalue weighted by atomic mass is 9.83. The first-order valence-electron chi connectivity index (χ1n) is 11.9. The first-order valence-corrected chi connectivity index (χ1v) is 11.9. The monoisotopic (exact) mass is 482 g/mol. The SMILES string of the molecule is COc1ccc(C2C(C(=O)NCC#Cc3ccccc3)CCC(=O)N2c2ccc(C)cc2)cc1OC. The Morgan fingerprint density at radius 1 is 1.00 bits per heavy atom. The van der Waals surface area contributed by atoms with Gasteiger partial charge in [0.15, 0.2) is 11.5 Å². The van der Waals surface area contributed by atoms with Crippen LogP contribution < -0.4 is 19.7 Å². The minimum atomic E-state index is -0.504. The molecule has 0 saturated carbocycles. The number of carbonyl (C=O) groups is 2. The average Bonchev–Trinajstić information content (AvgIpc) is 2.91. The molecule has 3 aromatic carbocycles. The van der Waals surface area contributed by atoms with Gasteiger partial charge < -0.3 is 19.7 Å². The topological polar surface area (TPSA) is 67.9 Å². The molecule has 6 heteroatoms. The molecule has 0 bridgehead atoms. The molecule has 184 valence electrons. The number of hydrogen-bond donors (Lipinski definition) is 1. The van der Waals surface area contributed by atoms with E-state index >= 15 is 0 Å². The largest absolute Gasteiger partial charge is 0.493 e. The van der Waals surface area contributed by atoms with Crippen molar-refractivity contribution in [3.63, 3.8) is 0 Å². The molecular formula is C30H30N2O4. The fourth-order valence-electron chi connectivity index (χ4n) is 4.53. The molecule has 1 saturated heterocycles. The summed E-state index contributed by atoms with van der Waals surface area (Å²) in [6, 6.07) is 22.5. The quantitative estimate of drug-likeness (QED) is 0.519. The summed E-state index contributed by atoms with van der Waals surface area (Å²) in [6.45, 7) is 2.22. The Morgan fingerprint density at radius 3 is 2.42 bits per heavy atom. The van der Waals surface area contributed by atoms with Gasteiger partial charge in [-0.2, -0.15) is 0 Å². The van der Waals surface area contributed by atoms with Gasteiger partial charge in [-0.1, -0.05) is 53.8 Å². The molecular weight excluding hydrogens is 452 g/mol. The molecule has 2 unspecified atom stereocenters. The third kappa shape index (κ3) is 5.52. The lowest BCUT2D eigenvalue weighted by molar-refractivity contribution is -0.129. The molecule has 1 heterocycles. The highest BCUT2D eigenvalue weighted by Gasteiger charge is 2.41. The fourth-order valence-corrected chi connectivity index (χ4v) is 4.53. The Kier molecular flexibility index (Phi) is 7.92. The van der Waals surface area contributed by atoms with E-state index in [0.29, 0.717) is 17.9 Å². The van der Waals surface area contributed by atoms with E-state index in [1.807, 2.05) is 73.7 Å². The lowest BCUT2D eigenvalue weighted by Gasteiger charge is -2.41. The Hall–Kier alpha value is -4.24. The van der Waals surface area contributed by atoms with Gasteiger partial charge in [0.05, 0.1) is 32.7 Å². The molecule has 3 aromatic rings. The Balaban J connectivity index is 1.66. The third-order valence-electron chi connectivity index (χ3n) is 6.35. The number of piperidine rings is 1. The maximum Gasteiger partial charge on any atom is 0.227 e. The van der Waals surface area contributed by atoms with E-state index in [1.165, 1.54) is 0 Å². The van der Waals surface area contributed by atoms with Crippen molar-refractivity contribution in [1.82, 2.24) is 5.32 Å². The van der Waals surface area contributed by atoms with Crippen molar-refractivity contribution in [2.24, 2.45) is 5.92 Å². The number of amides is 2. The van der Waals surface area contributed by atoms with Crippen molar-refractivity contribution in [1.29, 1.82) is 0 Å². The van der Waals surface area contributed by atoms with Crippen LogP contribution in [-0.4, -0.2) is 32.6 Å². The van der Waals surface area contributed by atoms with Gasteiger partial charge in [0, 0.05) is 17.7 Å². The second-order valence-corrected chi connectivity index (χ2v) is 8.69. The van der Waals surface area contributed by atoms with Gasteiger partial charge in [-0.3, -0.25) is 9.59 Å². The minimum absolute atomic E-state index is 0.0217. The molecule has 2 amide bonds. The van der Waals surface area contributed by atoms with Gasteiger partial charge in [-0.25, -0.2) is 0 Å². The number of methoxy groups -OCH3 is 2. The summed E-state index contributed by atoms with van der Waals surface area (Å²) in [4.78, 5) is 28.4. The molecule has 36 heavy (non-hydrogen) atoms. The number of rotatable bonds is 6. The summed E-state index contributed by atoms with van der Waals surface area (Å²) >= 11 is 0. The van der Waals surface area contributed by atoms with E-state index in [4.69, 9.17) is 9.47 Å². The summed E-state index contributed by atoms with van der Waals surface area (Å²) < 4.78 is 10.9. The molecule has 1 N–H and O–H groups in total. The van der Waals surface area contributed by atoms with Crippen molar-refractivity contribution >= 4 is 17.5 Å². The number of carbonyl (C=O) groups excluding carboxylic acids is 2. The van der Waals surface area contributed by atoms with Crippen LogP contribution in [0.15, 0.2) is 72.8 Å². The zero-order chi connectivity index (χ0) is 25.5. The van der Waals surface area contributed by atoms with Crippen molar-refractivity contribution < 1.29 is 19.1 Å². The standard InChI is InChI=1S/C30H30N2O4/c1-21-11-14-24(15-12-21)32-28(33)18-16-25(29(32)23-13-17-26(35-2)27(20-23)36-3)30(34)31-19-7-10-22-8-5-4-6-9-22/h4-6,8-9,11-15,17,20,25,29H,16,18-19H2,1-3H3,(H,31,34). The second kappa shape index (κ2) is 11.5. The predicted molar refractivity (Wildman–Crippen MR) is 140 cm³/mol. The number of anilines is 1. The number of benzene rings is 3. The zero-order valence-electron chi connectivity index (χ0n) is 20.8. The molecule has 0 aromatic heterocycles. The highest BCUT2D eigenvalue weighted by Crippen LogP contribution is 2.42. The summed E-state index contributed by atoms with van der Waals surface area (Å²) in [7, 11) is 3.15. The number of ether oxygens (including phenoxy) is 2.